The molecule has 0 aliphatic carbocycles. The minimum absolute atomic E-state index is 0.0404. The van der Waals surface area contributed by atoms with Gasteiger partial charge in [-0.15, -0.1) is 23.1 Å². The van der Waals surface area contributed by atoms with Crippen molar-refractivity contribution in [3.63, 3.8) is 0 Å². The molecule has 2 atom stereocenters. The summed E-state index contributed by atoms with van der Waals surface area (Å²) in [5, 5.41) is 14.2. The molecule has 0 saturated heterocycles. The van der Waals surface area contributed by atoms with E-state index < -0.39 is 0 Å². The van der Waals surface area contributed by atoms with E-state index in [0.717, 1.165) is 31.4 Å². The molecule has 1 aromatic rings. The van der Waals surface area contributed by atoms with Crippen LogP contribution in [0.4, 0.5) is 0 Å². The number of aryl methyl sites for hydroxylation is 1. The van der Waals surface area contributed by atoms with Gasteiger partial charge in [0.25, 0.3) is 0 Å². The second kappa shape index (κ2) is 8.05. The molecule has 3 nitrogen and oxygen atoms in total. The average Bonchev–Trinajstić information content (AvgIpc) is 2.93. The summed E-state index contributed by atoms with van der Waals surface area (Å²) in [5.74, 6) is 1.55. The van der Waals surface area contributed by atoms with Crippen molar-refractivity contribution in [2.45, 2.75) is 37.9 Å². The minimum Gasteiger partial charge on any atom is -0.396 e. The molecule has 2 heterocycles. The number of carbonyl (C=O) groups excluding carboxylic acids is 1. The zero-order valence-electron chi connectivity index (χ0n) is 11.9. The van der Waals surface area contributed by atoms with Gasteiger partial charge in [0, 0.05) is 18.0 Å². The topological polar surface area (TPSA) is 49.3 Å². The fourth-order valence-electron chi connectivity index (χ4n) is 2.64. The van der Waals surface area contributed by atoms with Crippen LogP contribution < -0.4 is 5.32 Å². The molecule has 0 bridgehead atoms. The van der Waals surface area contributed by atoms with Crippen molar-refractivity contribution in [3.05, 3.63) is 21.9 Å². The van der Waals surface area contributed by atoms with E-state index >= 15 is 0 Å². The van der Waals surface area contributed by atoms with Gasteiger partial charge in [0.2, 0.25) is 5.91 Å². The van der Waals surface area contributed by atoms with E-state index in [9.17, 15) is 4.79 Å². The molecule has 0 aromatic carbocycles. The molecule has 0 radical (unpaired) electrons. The molecule has 0 saturated carbocycles. The van der Waals surface area contributed by atoms with Gasteiger partial charge in [-0.05, 0) is 47.9 Å². The molecule has 1 aliphatic rings. The fraction of sp³-hybridized carbons (Fsp3) is 0.667. The second-order valence-corrected chi connectivity index (χ2v) is 7.43. The van der Waals surface area contributed by atoms with E-state index in [1.807, 2.05) is 0 Å². The number of thiophene rings is 1. The van der Waals surface area contributed by atoms with Crippen LogP contribution in [-0.4, -0.2) is 29.9 Å². The molecule has 5 heteroatoms. The standard InChI is InChI=1S/C15H23NO2S2/c1-2-3-11(4-7-17)10-16-15(18)14-12-5-8-19-13(12)6-9-20-14/h5,8,11,14,17H,2-4,6-7,9-10H2,1H3,(H,16,18). The molecule has 1 amide bonds. The quantitative estimate of drug-likeness (QED) is 0.813. The van der Waals surface area contributed by atoms with Gasteiger partial charge >= 0.3 is 0 Å². The fourth-order valence-corrected chi connectivity index (χ4v) is 4.96. The Morgan fingerprint density at radius 2 is 2.40 bits per heavy atom. The molecular weight excluding hydrogens is 290 g/mol. The van der Waals surface area contributed by atoms with E-state index in [2.05, 4.69) is 23.7 Å². The SMILES string of the molecule is CCCC(CCO)CNC(=O)C1SCCc2sccc21. The molecule has 112 valence electrons. The van der Waals surface area contributed by atoms with Crippen molar-refractivity contribution in [2.75, 3.05) is 18.9 Å². The first-order chi connectivity index (χ1) is 9.76. The smallest absolute Gasteiger partial charge is 0.237 e. The van der Waals surface area contributed by atoms with Crippen LogP contribution in [0.1, 0.15) is 41.9 Å². The van der Waals surface area contributed by atoms with Gasteiger partial charge in [-0.2, -0.15) is 0 Å². The van der Waals surface area contributed by atoms with Gasteiger partial charge in [0.05, 0.1) is 0 Å². The van der Waals surface area contributed by atoms with Gasteiger partial charge in [0.15, 0.2) is 0 Å². The van der Waals surface area contributed by atoms with Crippen LogP contribution in [0.5, 0.6) is 0 Å². The summed E-state index contributed by atoms with van der Waals surface area (Å²) in [7, 11) is 0. The number of carbonyl (C=O) groups is 1. The molecule has 2 rings (SSSR count). The Balaban J connectivity index is 1.89. The van der Waals surface area contributed by atoms with Crippen LogP contribution in [0.15, 0.2) is 11.4 Å². The Hall–Kier alpha value is -0.520. The number of hydrogen-bond acceptors (Lipinski definition) is 4. The zero-order valence-corrected chi connectivity index (χ0v) is 13.6. The first kappa shape index (κ1) is 15.9. The maximum atomic E-state index is 12.4. The molecule has 1 aromatic heterocycles. The monoisotopic (exact) mass is 313 g/mol. The lowest BCUT2D eigenvalue weighted by molar-refractivity contribution is -0.120. The van der Waals surface area contributed by atoms with E-state index in [0.29, 0.717) is 12.5 Å². The Morgan fingerprint density at radius 3 is 3.15 bits per heavy atom. The summed E-state index contributed by atoms with van der Waals surface area (Å²) in [5.41, 5.74) is 1.21. The van der Waals surface area contributed by atoms with Gasteiger partial charge in [-0.3, -0.25) is 4.79 Å². The number of aliphatic hydroxyl groups excluding tert-OH is 1. The van der Waals surface area contributed by atoms with E-state index in [4.69, 9.17) is 5.11 Å². The first-order valence-corrected chi connectivity index (χ1v) is 9.25. The lowest BCUT2D eigenvalue weighted by atomic mass is 10.00. The molecule has 1 aliphatic heterocycles. The third kappa shape index (κ3) is 3.99. The van der Waals surface area contributed by atoms with E-state index in [-0.39, 0.29) is 17.8 Å². The number of rotatable bonds is 7. The molecule has 2 N–H and O–H groups in total. The number of hydrogen-bond donors (Lipinski definition) is 2. The highest BCUT2D eigenvalue weighted by Crippen LogP contribution is 2.39. The number of nitrogens with one attached hydrogen (secondary N) is 1. The summed E-state index contributed by atoms with van der Waals surface area (Å²) in [6.07, 6.45) is 4.01. The van der Waals surface area contributed by atoms with Crippen molar-refractivity contribution in [2.24, 2.45) is 5.92 Å². The highest BCUT2D eigenvalue weighted by atomic mass is 32.2. The lowest BCUT2D eigenvalue weighted by Crippen LogP contribution is -2.33. The maximum Gasteiger partial charge on any atom is 0.237 e. The molecule has 20 heavy (non-hydrogen) atoms. The number of aliphatic hydroxyl groups is 1. The number of thioether (sulfide) groups is 1. The molecular formula is C15H23NO2S2. The van der Waals surface area contributed by atoms with Crippen LogP contribution in [0.3, 0.4) is 0 Å². The van der Waals surface area contributed by atoms with Crippen molar-refractivity contribution in [3.8, 4) is 0 Å². The van der Waals surface area contributed by atoms with Gasteiger partial charge in [-0.1, -0.05) is 13.3 Å². The number of fused-ring (bicyclic) bond motifs is 1. The highest BCUT2D eigenvalue weighted by molar-refractivity contribution is 8.00. The number of amides is 1. The maximum absolute atomic E-state index is 12.4. The van der Waals surface area contributed by atoms with Crippen LogP contribution in [0.25, 0.3) is 0 Å². The third-order valence-corrected chi connectivity index (χ3v) is 5.95. The Morgan fingerprint density at radius 1 is 1.55 bits per heavy atom. The van der Waals surface area contributed by atoms with Gasteiger partial charge in [0.1, 0.15) is 5.25 Å². The molecule has 0 fully saturated rings. The summed E-state index contributed by atoms with van der Waals surface area (Å²) in [4.78, 5) is 13.7. The Bertz CT molecular complexity index is 427. The van der Waals surface area contributed by atoms with Gasteiger partial charge in [-0.25, -0.2) is 0 Å². The Kier molecular flexibility index (Phi) is 6.39. The molecule has 0 spiro atoms. The second-order valence-electron chi connectivity index (χ2n) is 5.21. The highest BCUT2D eigenvalue weighted by Gasteiger charge is 2.28. The van der Waals surface area contributed by atoms with Crippen LogP contribution in [-0.2, 0) is 11.2 Å². The predicted octanol–water partition coefficient (Wildman–Crippen LogP) is 2.99. The minimum atomic E-state index is -0.0404. The van der Waals surface area contributed by atoms with Crippen molar-refractivity contribution in [1.82, 2.24) is 5.32 Å². The van der Waals surface area contributed by atoms with Gasteiger partial charge < -0.3 is 10.4 Å². The summed E-state index contributed by atoms with van der Waals surface area (Å²) < 4.78 is 0. The van der Waals surface area contributed by atoms with Crippen molar-refractivity contribution >= 4 is 29.0 Å². The normalized spacial score (nSPS) is 19.4. The third-order valence-electron chi connectivity index (χ3n) is 3.71. The summed E-state index contributed by atoms with van der Waals surface area (Å²) in [6, 6.07) is 2.09. The van der Waals surface area contributed by atoms with E-state index in [1.54, 1.807) is 23.1 Å². The summed E-state index contributed by atoms with van der Waals surface area (Å²) >= 11 is 3.50. The largest absolute Gasteiger partial charge is 0.396 e. The van der Waals surface area contributed by atoms with Crippen LogP contribution >= 0.6 is 23.1 Å². The van der Waals surface area contributed by atoms with E-state index in [1.165, 1.54) is 10.4 Å². The van der Waals surface area contributed by atoms with Crippen LogP contribution in [0, 0.1) is 5.92 Å². The first-order valence-electron chi connectivity index (χ1n) is 7.32. The van der Waals surface area contributed by atoms with Crippen molar-refractivity contribution in [1.29, 1.82) is 0 Å². The molecule has 2 unspecified atom stereocenters. The Labute approximate surface area is 129 Å². The van der Waals surface area contributed by atoms with Crippen molar-refractivity contribution < 1.29 is 9.90 Å². The predicted molar refractivity (Wildman–Crippen MR) is 86.3 cm³/mol. The lowest BCUT2D eigenvalue weighted by Gasteiger charge is -2.23. The zero-order chi connectivity index (χ0) is 14.4. The van der Waals surface area contributed by atoms with Crippen LogP contribution in [0.2, 0.25) is 0 Å². The average molecular weight is 313 g/mol. The summed E-state index contributed by atoms with van der Waals surface area (Å²) in [6.45, 7) is 3.03.